The Hall–Kier alpha value is -3.35. The molecule has 7 heteroatoms. The van der Waals surface area contributed by atoms with E-state index in [4.69, 9.17) is 4.74 Å². The van der Waals surface area contributed by atoms with Crippen LogP contribution in [-0.2, 0) is 14.3 Å². The van der Waals surface area contributed by atoms with Gasteiger partial charge in [-0.2, -0.15) is 0 Å². The van der Waals surface area contributed by atoms with Gasteiger partial charge in [0, 0.05) is 31.4 Å². The Morgan fingerprint density at radius 2 is 1.92 bits per heavy atom. The molecular weight excluding hydrogens is 457 g/mol. The third kappa shape index (κ3) is 5.11. The molecule has 3 aliphatic rings. The molecule has 2 aromatic rings. The smallest absolute Gasteiger partial charge is 0.289 e. The molecule has 1 saturated carbocycles. The van der Waals surface area contributed by atoms with Gasteiger partial charge in [0.2, 0.25) is 5.91 Å². The van der Waals surface area contributed by atoms with Crippen LogP contribution in [0.1, 0.15) is 43.7 Å². The summed E-state index contributed by atoms with van der Waals surface area (Å²) >= 11 is 0. The zero-order chi connectivity index (χ0) is 25.2. The maximum atomic E-state index is 13.7. The number of aryl methyl sites for hydroxylation is 1. The van der Waals surface area contributed by atoms with Gasteiger partial charge in [0.25, 0.3) is 5.91 Å². The molecule has 2 amide bonds. The van der Waals surface area contributed by atoms with Crippen molar-refractivity contribution in [1.82, 2.24) is 9.80 Å². The van der Waals surface area contributed by atoms with E-state index in [1.807, 2.05) is 4.90 Å². The summed E-state index contributed by atoms with van der Waals surface area (Å²) in [6.45, 7) is 6.26. The fourth-order valence-corrected chi connectivity index (χ4v) is 5.73. The van der Waals surface area contributed by atoms with Gasteiger partial charge < -0.3 is 19.4 Å². The first kappa shape index (κ1) is 24.3. The van der Waals surface area contributed by atoms with Gasteiger partial charge in [0.1, 0.15) is 18.5 Å². The number of hydrogen-bond donors (Lipinski definition) is 0. The van der Waals surface area contributed by atoms with E-state index in [1.54, 1.807) is 23.1 Å². The number of anilines is 1. The van der Waals surface area contributed by atoms with Crippen molar-refractivity contribution < 1.29 is 18.7 Å². The van der Waals surface area contributed by atoms with E-state index in [-0.39, 0.29) is 48.1 Å². The third-order valence-corrected chi connectivity index (χ3v) is 7.58. The molecule has 0 spiro atoms. The van der Waals surface area contributed by atoms with Crippen LogP contribution in [-0.4, -0.2) is 66.0 Å². The Labute approximate surface area is 212 Å². The number of piperazine rings is 1. The van der Waals surface area contributed by atoms with Crippen molar-refractivity contribution in [3.05, 3.63) is 71.2 Å². The number of benzene rings is 2. The van der Waals surface area contributed by atoms with Crippen LogP contribution >= 0.6 is 0 Å². The van der Waals surface area contributed by atoms with Crippen LogP contribution in [0.3, 0.4) is 0 Å². The number of nitrogens with zero attached hydrogens (tertiary/aromatic N) is 3. The van der Waals surface area contributed by atoms with Gasteiger partial charge >= 0.3 is 0 Å². The average molecular weight is 492 g/mol. The number of rotatable bonds is 4. The highest BCUT2D eigenvalue weighted by atomic mass is 19.1. The maximum Gasteiger partial charge on any atom is 0.289 e. The summed E-state index contributed by atoms with van der Waals surface area (Å²) in [6.07, 6.45) is 5.17. The van der Waals surface area contributed by atoms with Crippen LogP contribution < -0.4 is 4.90 Å². The summed E-state index contributed by atoms with van der Waals surface area (Å²) in [5.41, 5.74) is 2.96. The zero-order valence-electron chi connectivity index (χ0n) is 21.0. The van der Waals surface area contributed by atoms with Crippen LogP contribution in [0.2, 0.25) is 0 Å². The van der Waals surface area contributed by atoms with Crippen LogP contribution in [0.5, 0.6) is 0 Å². The lowest BCUT2D eigenvalue weighted by Crippen LogP contribution is -2.60. The van der Waals surface area contributed by atoms with E-state index in [9.17, 15) is 14.0 Å². The molecular formula is C29H34FN3O3. The van der Waals surface area contributed by atoms with Crippen molar-refractivity contribution in [3.63, 3.8) is 0 Å². The number of carbonyl (C=O) groups is 2. The molecule has 5 rings (SSSR count). The van der Waals surface area contributed by atoms with Gasteiger partial charge in [-0.15, -0.1) is 0 Å². The van der Waals surface area contributed by atoms with Crippen molar-refractivity contribution in [1.29, 1.82) is 0 Å². The Bertz CT molecular complexity index is 1170. The highest BCUT2D eigenvalue weighted by Crippen LogP contribution is 2.33. The second-order valence-electron chi connectivity index (χ2n) is 10.2. The van der Waals surface area contributed by atoms with Crippen LogP contribution in [0, 0.1) is 12.7 Å². The lowest BCUT2D eigenvalue weighted by molar-refractivity contribution is -0.154. The van der Waals surface area contributed by atoms with Gasteiger partial charge in [0.15, 0.2) is 5.76 Å². The van der Waals surface area contributed by atoms with E-state index in [2.05, 4.69) is 43.0 Å². The predicted molar refractivity (Wildman–Crippen MR) is 138 cm³/mol. The Morgan fingerprint density at radius 1 is 1.11 bits per heavy atom. The summed E-state index contributed by atoms with van der Waals surface area (Å²) < 4.78 is 19.8. The lowest BCUT2D eigenvalue weighted by atomic mass is 9.89. The van der Waals surface area contributed by atoms with Crippen molar-refractivity contribution in [3.8, 4) is 0 Å². The fraction of sp³-hybridized carbons (Fsp3) is 0.448. The van der Waals surface area contributed by atoms with Gasteiger partial charge in [-0.3, -0.25) is 9.59 Å². The normalized spacial score (nSPS) is 25.5. The van der Waals surface area contributed by atoms with Crippen molar-refractivity contribution in [2.45, 2.75) is 57.7 Å². The molecule has 0 radical (unpaired) electrons. The number of hydrogen-bond acceptors (Lipinski definition) is 4. The van der Waals surface area contributed by atoms with Crippen LogP contribution in [0.15, 0.2) is 54.3 Å². The molecule has 3 atom stereocenters. The molecule has 190 valence electrons. The van der Waals surface area contributed by atoms with E-state index in [0.29, 0.717) is 18.7 Å². The molecule has 0 bridgehead atoms. The molecule has 2 aromatic carbocycles. The minimum atomic E-state index is -0.367. The lowest BCUT2D eigenvalue weighted by Gasteiger charge is -2.46. The fourth-order valence-electron chi connectivity index (χ4n) is 5.73. The number of halogens is 1. The summed E-state index contributed by atoms with van der Waals surface area (Å²) in [6, 6.07) is 14.6. The molecule has 2 saturated heterocycles. The molecule has 36 heavy (non-hydrogen) atoms. The Kier molecular flexibility index (Phi) is 6.99. The van der Waals surface area contributed by atoms with Gasteiger partial charge in [-0.25, -0.2) is 4.39 Å². The van der Waals surface area contributed by atoms with E-state index < -0.39 is 0 Å². The van der Waals surface area contributed by atoms with Gasteiger partial charge in [-0.1, -0.05) is 30.7 Å². The first-order valence-corrected chi connectivity index (χ1v) is 12.9. The minimum Gasteiger partial charge on any atom is -0.482 e. The number of ether oxygens (including phenoxy) is 1. The molecule has 1 aliphatic carbocycles. The van der Waals surface area contributed by atoms with Crippen molar-refractivity contribution in [2.24, 2.45) is 0 Å². The number of carbonyl (C=O) groups excluding carboxylic acids is 2. The molecule has 0 aromatic heterocycles. The zero-order valence-corrected chi connectivity index (χ0v) is 21.0. The number of fused-ring (bicyclic) bond motifs is 1. The first-order valence-electron chi connectivity index (χ1n) is 12.9. The second-order valence-corrected chi connectivity index (χ2v) is 10.2. The Balaban J connectivity index is 1.30. The highest BCUT2D eigenvalue weighted by molar-refractivity contribution is 5.98. The molecule has 6 nitrogen and oxygen atoms in total. The first-order chi connectivity index (χ1) is 17.4. The van der Waals surface area contributed by atoms with Crippen molar-refractivity contribution in [2.75, 3.05) is 31.1 Å². The number of morpholine rings is 1. The molecule has 2 aliphatic heterocycles. The SMILES string of the molecule is Cc1cccc(N2CCN(C(=O)CN3C(=O)/C(=C\c4cccc(F)c4)OC4CCCCC43)CC2C)c1. The topological polar surface area (TPSA) is 53.1 Å². The third-order valence-electron chi connectivity index (χ3n) is 7.58. The second kappa shape index (κ2) is 10.3. The average Bonchev–Trinajstić information content (AvgIpc) is 2.86. The molecule has 3 fully saturated rings. The van der Waals surface area contributed by atoms with Crippen LogP contribution in [0.4, 0.5) is 10.1 Å². The summed E-state index contributed by atoms with van der Waals surface area (Å²) in [5.74, 6) is -0.499. The summed E-state index contributed by atoms with van der Waals surface area (Å²) in [4.78, 5) is 32.9. The van der Waals surface area contributed by atoms with Crippen LogP contribution in [0.25, 0.3) is 6.08 Å². The molecule has 3 unspecified atom stereocenters. The molecule has 2 heterocycles. The van der Waals surface area contributed by atoms with E-state index in [1.165, 1.54) is 23.4 Å². The number of amides is 2. The molecule has 0 N–H and O–H groups in total. The van der Waals surface area contributed by atoms with E-state index in [0.717, 1.165) is 32.2 Å². The van der Waals surface area contributed by atoms with Gasteiger partial charge in [0.05, 0.1) is 6.04 Å². The van der Waals surface area contributed by atoms with Crippen molar-refractivity contribution >= 4 is 23.6 Å². The predicted octanol–water partition coefficient (Wildman–Crippen LogP) is 4.38. The quantitative estimate of drug-likeness (QED) is 0.596. The maximum absolute atomic E-state index is 13.7. The Morgan fingerprint density at radius 3 is 2.69 bits per heavy atom. The summed E-state index contributed by atoms with van der Waals surface area (Å²) in [5, 5.41) is 0. The largest absolute Gasteiger partial charge is 0.482 e. The summed E-state index contributed by atoms with van der Waals surface area (Å²) in [7, 11) is 0. The monoisotopic (exact) mass is 491 g/mol. The highest BCUT2D eigenvalue weighted by Gasteiger charge is 2.43. The minimum absolute atomic E-state index is 0.0320. The van der Waals surface area contributed by atoms with E-state index >= 15 is 0 Å². The standard InChI is InChI=1S/C29H34FN3O3/c1-20-7-5-10-24(15-20)32-14-13-31(18-21(32)2)28(34)19-33-25-11-3-4-12-26(25)36-27(29(33)35)17-22-8-6-9-23(30)16-22/h5-10,15-17,21,25-26H,3-4,11-14,18-19H2,1-2H3/b27-17+. The van der Waals surface area contributed by atoms with Gasteiger partial charge in [-0.05, 0) is 74.6 Å².